The average molecular weight is 309 g/mol. The van der Waals surface area contributed by atoms with Crippen molar-refractivity contribution in [2.75, 3.05) is 11.1 Å². The van der Waals surface area contributed by atoms with Gasteiger partial charge in [0, 0.05) is 24.5 Å². The van der Waals surface area contributed by atoms with E-state index in [0.717, 1.165) is 11.0 Å². The molecule has 2 aromatic heterocycles. The van der Waals surface area contributed by atoms with Crippen LogP contribution in [0.4, 0.5) is 5.13 Å². The molecule has 2 aromatic rings. The van der Waals surface area contributed by atoms with Gasteiger partial charge < -0.3 is 9.88 Å². The van der Waals surface area contributed by atoms with Crippen molar-refractivity contribution in [1.29, 1.82) is 0 Å². The van der Waals surface area contributed by atoms with E-state index in [-0.39, 0.29) is 5.91 Å². The molecule has 106 valence electrons. The maximum Gasteiger partial charge on any atom is 0.236 e. The zero-order chi connectivity index (χ0) is 13.9. The summed E-state index contributed by atoms with van der Waals surface area (Å²) in [7, 11) is 1.97. The molecule has 0 saturated heterocycles. The molecule has 0 spiro atoms. The number of aromatic nitrogens is 4. The summed E-state index contributed by atoms with van der Waals surface area (Å²) in [5, 5.41) is 14.4. The molecule has 1 amide bonds. The van der Waals surface area contributed by atoms with Gasteiger partial charge in [-0.15, -0.1) is 21.5 Å². The Kier molecular flexibility index (Phi) is 4.02. The minimum absolute atomic E-state index is 0.0712. The van der Waals surface area contributed by atoms with Gasteiger partial charge in [-0.25, -0.2) is 4.98 Å². The van der Waals surface area contributed by atoms with Gasteiger partial charge in [-0.2, -0.15) is 0 Å². The predicted octanol–water partition coefficient (Wildman–Crippen LogP) is 2.27. The van der Waals surface area contributed by atoms with Crippen LogP contribution in [-0.4, -0.2) is 31.4 Å². The summed E-state index contributed by atoms with van der Waals surface area (Å²) in [5.41, 5.74) is 0. The molecule has 0 aliphatic heterocycles. The molecule has 1 aliphatic rings. The summed E-state index contributed by atoms with van der Waals surface area (Å²) < 4.78 is 2.01. The van der Waals surface area contributed by atoms with Crippen molar-refractivity contribution in [2.45, 2.75) is 30.3 Å². The third kappa shape index (κ3) is 2.85. The topological polar surface area (TPSA) is 72.7 Å². The number of carbonyl (C=O) groups excluding carboxylic acids is 1. The van der Waals surface area contributed by atoms with Gasteiger partial charge in [0.1, 0.15) is 5.82 Å². The maximum atomic E-state index is 11.8. The number of nitrogens with zero attached hydrogens (tertiary/aromatic N) is 4. The van der Waals surface area contributed by atoms with Gasteiger partial charge in [-0.1, -0.05) is 18.2 Å². The zero-order valence-corrected chi connectivity index (χ0v) is 12.7. The molecular formula is C12H15N5OS2. The van der Waals surface area contributed by atoms with E-state index in [2.05, 4.69) is 20.5 Å². The summed E-state index contributed by atoms with van der Waals surface area (Å²) in [4.78, 5) is 15.8. The number of anilines is 1. The van der Waals surface area contributed by atoms with Crippen LogP contribution in [0.2, 0.25) is 0 Å². The van der Waals surface area contributed by atoms with E-state index in [1.807, 2.05) is 17.0 Å². The van der Waals surface area contributed by atoms with Crippen LogP contribution in [0.3, 0.4) is 0 Å². The number of hydrogen-bond donors (Lipinski definition) is 1. The molecule has 0 unspecified atom stereocenters. The number of thioether (sulfide) groups is 1. The van der Waals surface area contributed by atoms with Crippen LogP contribution in [0, 0.1) is 0 Å². The number of hydrogen-bond acceptors (Lipinski definition) is 6. The van der Waals surface area contributed by atoms with E-state index in [0.29, 0.717) is 16.8 Å². The Morgan fingerprint density at radius 2 is 2.40 bits per heavy atom. The Bertz CT molecular complexity index is 591. The van der Waals surface area contributed by atoms with Gasteiger partial charge >= 0.3 is 0 Å². The number of amides is 1. The molecule has 0 radical (unpaired) electrons. The van der Waals surface area contributed by atoms with Gasteiger partial charge in [0.15, 0.2) is 10.3 Å². The highest BCUT2D eigenvalue weighted by atomic mass is 32.2. The standard InChI is InChI=1S/C12H15N5OS2/c1-17-10(8-3-2-4-8)15-16-12(17)20-7-9(18)14-11-13-5-6-19-11/h5-6,8H,2-4,7H2,1H3,(H,13,14,18). The van der Waals surface area contributed by atoms with Crippen molar-refractivity contribution in [2.24, 2.45) is 7.05 Å². The fourth-order valence-electron chi connectivity index (χ4n) is 2.04. The largest absolute Gasteiger partial charge is 0.309 e. The number of carbonyl (C=O) groups is 1. The minimum Gasteiger partial charge on any atom is -0.309 e. The van der Waals surface area contributed by atoms with Crippen LogP contribution in [-0.2, 0) is 11.8 Å². The van der Waals surface area contributed by atoms with Crippen LogP contribution in [0.15, 0.2) is 16.7 Å². The average Bonchev–Trinajstić information content (AvgIpc) is 2.97. The summed E-state index contributed by atoms with van der Waals surface area (Å²) in [6.45, 7) is 0. The van der Waals surface area contributed by atoms with Gasteiger partial charge in [0.25, 0.3) is 0 Å². The SMILES string of the molecule is Cn1c(SCC(=O)Nc2nccs2)nnc1C1CCC1. The highest BCUT2D eigenvalue weighted by Crippen LogP contribution is 2.35. The fourth-order valence-corrected chi connectivity index (χ4v) is 3.31. The van der Waals surface area contributed by atoms with Crippen molar-refractivity contribution in [3.05, 3.63) is 17.4 Å². The molecule has 3 rings (SSSR count). The van der Waals surface area contributed by atoms with E-state index in [1.165, 1.54) is 42.4 Å². The number of nitrogens with one attached hydrogen (secondary N) is 1. The molecule has 1 N–H and O–H groups in total. The molecule has 1 fully saturated rings. The molecule has 1 saturated carbocycles. The van der Waals surface area contributed by atoms with E-state index in [4.69, 9.17) is 0 Å². The monoisotopic (exact) mass is 309 g/mol. The lowest BCUT2D eigenvalue weighted by molar-refractivity contribution is -0.113. The summed E-state index contributed by atoms with van der Waals surface area (Å²) in [6.07, 6.45) is 5.33. The Morgan fingerprint density at radius 3 is 3.05 bits per heavy atom. The van der Waals surface area contributed by atoms with E-state index >= 15 is 0 Å². The third-order valence-corrected chi connectivity index (χ3v) is 5.06. The van der Waals surface area contributed by atoms with Crippen molar-refractivity contribution in [3.8, 4) is 0 Å². The van der Waals surface area contributed by atoms with Gasteiger partial charge in [-0.05, 0) is 12.8 Å². The zero-order valence-electron chi connectivity index (χ0n) is 11.1. The quantitative estimate of drug-likeness (QED) is 0.858. The Hall–Kier alpha value is -1.41. The molecule has 6 nitrogen and oxygen atoms in total. The van der Waals surface area contributed by atoms with E-state index in [9.17, 15) is 4.79 Å². The molecule has 8 heteroatoms. The lowest BCUT2D eigenvalue weighted by Gasteiger charge is -2.23. The molecule has 0 atom stereocenters. The van der Waals surface area contributed by atoms with Gasteiger partial charge in [0.2, 0.25) is 5.91 Å². The number of rotatable bonds is 5. The third-order valence-electron chi connectivity index (χ3n) is 3.35. The molecule has 1 aliphatic carbocycles. The van der Waals surface area contributed by atoms with Crippen LogP contribution in [0.25, 0.3) is 0 Å². The molecule has 0 bridgehead atoms. The van der Waals surface area contributed by atoms with Gasteiger partial charge in [0.05, 0.1) is 5.75 Å². The first-order chi connectivity index (χ1) is 9.74. The van der Waals surface area contributed by atoms with E-state index < -0.39 is 0 Å². The van der Waals surface area contributed by atoms with Crippen LogP contribution >= 0.6 is 23.1 Å². The molecule has 20 heavy (non-hydrogen) atoms. The second-order valence-corrected chi connectivity index (χ2v) is 6.54. The summed E-state index contributed by atoms with van der Waals surface area (Å²) in [5.74, 6) is 1.83. The first-order valence-corrected chi connectivity index (χ1v) is 8.32. The van der Waals surface area contributed by atoms with Gasteiger partial charge in [-0.3, -0.25) is 4.79 Å². The highest BCUT2D eigenvalue weighted by Gasteiger charge is 2.25. The lowest BCUT2D eigenvalue weighted by atomic mass is 9.85. The van der Waals surface area contributed by atoms with Crippen molar-refractivity contribution >= 4 is 34.1 Å². The maximum absolute atomic E-state index is 11.8. The fraction of sp³-hybridized carbons (Fsp3) is 0.500. The highest BCUT2D eigenvalue weighted by molar-refractivity contribution is 7.99. The molecule has 0 aromatic carbocycles. The predicted molar refractivity (Wildman–Crippen MR) is 79.1 cm³/mol. The van der Waals surface area contributed by atoms with E-state index in [1.54, 1.807) is 6.20 Å². The smallest absolute Gasteiger partial charge is 0.236 e. The Balaban J connectivity index is 1.55. The first kappa shape index (κ1) is 13.6. The summed E-state index contributed by atoms with van der Waals surface area (Å²) >= 11 is 2.81. The molecular weight excluding hydrogens is 294 g/mol. The minimum atomic E-state index is -0.0712. The van der Waals surface area contributed by atoms with Crippen molar-refractivity contribution < 1.29 is 4.79 Å². The summed E-state index contributed by atoms with van der Waals surface area (Å²) in [6, 6.07) is 0. The lowest BCUT2D eigenvalue weighted by Crippen LogP contribution is -2.15. The second-order valence-electron chi connectivity index (χ2n) is 4.70. The van der Waals surface area contributed by atoms with Crippen LogP contribution in [0.5, 0.6) is 0 Å². The van der Waals surface area contributed by atoms with Crippen LogP contribution < -0.4 is 5.32 Å². The van der Waals surface area contributed by atoms with Crippen molar-refractivity contribution in [1.82, 2.24) is 19.7 Å². The normalized spacial score (nSPS) is 15.1. The second kappa shape index (κ2) is 5.92. The Labute approximate surface area is 125 Å². The first-order valence-electron chi connectivity index (χ1n) is 6.45. The number of thiazole rings is 1. The van der Waals surface area contributed by atoms with Crippen LogP contribution in [0.1, 0.15) is 31.0 Å². The Morgan fingerprint density at radius 1 is 1.55 bits per heavy atom. The van der Waals surface area contributed by atoms with Crippen molar-refractivity contribution in [3.63, 3.8) is 0 Å². The molecule has 2 heterocycles.